The van der Waals surface area contributed by atoms with Crippen LogP contribution in [0.25, 0.3) is 10.2 Å². The summed E-state index contributed by atoms with van der Waals surface area (Å²) in [7, 11) is 0. The number of carbonyl (C=O) groups excluding carboxylic acids is 2. The van der Waals surface area contributed by atoms with Crippen LogP contribution in [0.4, 0.5) is 5.69 Å². The van der Waals surface area contributed by atoms with Crippen LogP contribution in [-0.2, 0) is 9.59 Å². The lowest BCUT2D eigenvalue weighted by atomic mass is 9.78. The zero-order valence-corrected chi connectivity index (χ0v) is 19.3. The van der Waals surface area contributed by atoms with Crippen molar-refractivity contribution >= 4 is 56.7 Å². The first-order valence-electron chi connectivity index (χ1n) is 10.6. The minimum atomic E-state index is -0.899. The van der Waals surface area contributed by atoms with Gasteiger partial charge in [0, 0.05) is 11.3 Å². The molecule has 2 atom stereocenters. The molecule has 4 rings (SSSR count). The largest absolute Gasteiger partial charge is 0.481 e. The van der Waals surface area contributed by atoms with Gasteiger partial charge in [-0.3, -0.25) is 14.4 Å². The first kappa shape index (κ1) is 22.5. The predicted molar refractivity (Wildman–Crippen MR) is 128 cm³/mol. The van der Waals surface area contributed by atoms with Gasteiger partial charge in [-0.15, -0.1) is 11.3 Å². The summed E-state index contributed by atoms with van der Waals surface area (Å²) in [6, 6.07) is 13.0. The molecule has 1 heterocycles. The molecule has 32 heavy (non-hydrogen) atoms. The summed E-state index contributed by atoms with van der Waals surface area (Å²) in [5.74, 6) is -1.89. The lowest BCUT2D eigenvalue weighted by Gasteiger charge is -2.27. The Morgan fingerprint density at radius 3 is 2.53 bits per heavy atom. The fourth-order valence-corrected chi connectivity index (χ4v) is 5.97. The summed E-state index contributed by atoms with van der Waals surface area (Å²) in [5.41, 5.74) is 3.24. The lowest BCUT2D eigenvalue weighted by molar-refractivity contribution is -0.147. The number of amides is 1. The molecular weight excluding hydrogens is 444 g/mol. The van der Waals surface area contributed by atoms with E-state index in [0.29, 0.717) is 29.8 Å². The topological polar surface area (TPSA) is 96.4 Å². The average molecular weight is 469 g/mol. The summed E-state index contributed by atoms with van der Waals surface area (Å²) in [6.07, 6.45) is 2.86. The molecule has 0 spiro atoms. The van der Waals surface area contributed by atoms with E-state index in [0.717, 1.165) is 33.0 Å². The van der Waals surface area contributed by atoms with Crippen LogP contribution in [0.5, 0.6) is 0 Å². The zero-order chi connectivity index (χ0) is 22.7. The van der Waals surface area contributed by atoms with Crippen LogP contribution in [0.1, 0.15) is 41.6 Å². The Balaban J connectivity index is 1.41. The first-order valence-corrected chi connectivity index (χ1v) is 12.4. The van der Waals surface area contributed by atoms with E-state index in [2.05, 4.69) is 10.3 Å². The second-order valence-corrected chi connectivity index (χ2v) is 10.3. The number of aromatic nitrogens is 1. The van der Waals surface area contributed by atoms with Crippen molar-refractivity contribution in [1.29, 1.82) is 0 Å². The second-order valence-electron chi connectivity index (χ2n) is 8.07. The van der Waals surface area contributed by atoms with Gasteiger partial charge in [-0.1, -0.05) is 54.4 Å². The van der Waals surface area contributed by atoms with E-state index in [1.165, 1.54) is 23.1 Å². The number of hydrogen-bond acceptors (Lipinski definition) is 6. The third kappa shape index (κ3) is 5.19. The van der Waals surface area contributed by atoms with Crippen LogP contribution in [0.2, 0.25) is 0 Å². The summed E-state index contributed by atoms with van der Waals surface area (Å²) in [5, 5.41) is 12.3. The number of benzene rings is 2. The van der Waals surface area contributed by atoms with Crippen LogP contribution >= 0.6 is 23.1 Å². The highest BCUT2D eigenvalue weighted by Crippen LogP contribution is 2.34. The van der Waals surface area contributed by atoms with Gasteiger partial charge in [0.1, 0.15) is 0 Å². The van der Waals surface area contributed by atoms with Crippen molar-refractivity contribution in [1.82, 2.24) is 4.98 Å². The van der Waals surface area contributed by atoms with Gasteiger partial charge in [0.2, 0.25) is 5.91 Å². The highest BCUT2D eigenvalue weighted by molar-refractivity contribution is 8.01. The smallest absolute Gasteiger partial charge is 0.307 e. The van der Waals surface area contributed by atoms with E-state index in [4.69, 9.17) is 0 Å². The van der Waals surface area contributed by atoms with Crippen LogP contribution in [0.15, 0.2) is 46.8 Å². The molecule has 6 nitrogen and oxygen atoms in total. The Bertz CT molecular complexity index is 1160. The Labute approximate surface area is 194 Å². The van der Waals surface area contributed by atoms with Crippen LogP contribution in [0.3, 0.4) is 0 Å². The molecule has 0 radical (unpaired) electrons. The maximum absolute atomic E-state index is 12.7. The van der Waals surface area contributed by atoms with Crippen molar-refractivity contribution in [3.63, 3.8) is 0 Å². The molecular formula is C24H24N2O4S2. The molecule has 1 amide bonds. The lowest BCUT2D eigenvalue weighted by Crippen LogP contribution is -2.36. The Morgan fingerprint density at radius 2 is 1.81 bits per heavy atom. The van der Waals surface area contributed by atoms with Crippen molar-refractivity contribution in [3.05, 3.63) is 53.6 Å². The van der Waals surface area contributed by atoms with Crippen molar-refractivity contribution in [2.75, 3.05) is 11.1 Å². The number of ketones is 1. The van der Waals surface area contributed by atoms with E-state index in [9.17, 15) is 19.5 Å². The molecule has 8 heteroatoms. The molecule has 0 unspecified atom stereocenters. The molecule has 2 aromatic carbocycles. The number of nitrogens with zero attached hydrogens (tertiary/aromatic N) is 1. The van der Waals surface area contributed by atoms with Crippen molar-refractivity contribution < 1.29 is 19.5 Å². The maximum Gasteiger partial charge on any atom is 0.307 e. The third-order valence-electron chi connectivity index (χ3n) is 5.76. The molecule has 1 aliphatic rings. The van der Waals surface area contributed by atoms with Crippen molar-refractivity contribution in [2.45, 2.75) is 36.9 Å². The normalized spacial score (nSPS) is 18.4. The van der Waals surface area contributed by atoms with Gasteiger partial charge < -0.3 is 10.4 Å². The van der Waals surface area contributed by atoms with Gasteiger partial charge in [0.15, 0.2) is 10.1 Å². The number of carboxylic acids is 1. The number of nitrogens with one attached hydrogen (secondary N) is 1. The van der Waals surface area contributed by atoms with E-state index < -0.39 is 17.8 Å². The van der Waals surface area contributed by atoms with E-state index >= 15 is 0 Å². The number of aryl methyl sites for hydroxylation is 1. The third-order valence-corrected chi connectivity index (χ3v) is 7.92. The quantitative estimate of drug-likeness (QED) is 0.356. The highest BCUT2D eigenvalue weighted by atomic mass is 32.2. The van der Waals surface area contributed by atoms with Crippen LogP contribution in [0, 0.1) is 18.8 Å². The van der Waals surface area contributed by atoms with Gasteiger partial charge in [-0.05, 0) is 38.0 Å². The molecule has 0 aliphatic heterocycles. The molecule has 1 saturated carbocycles. The van der Waals surface area contributed by atoms with Gasteiger partial charge in [0.25, 0.3) is 0 Å². The minimum Gasteiger partial charge on any atom is -0.481 e. The van der Waals surface area contributed by atoms with E-state index in [1.54, 1.807) is 6.07 Å². The SMILES string of the molecule is Cc1ccc(C(=O)CSc2nc3ccc(NC(=O)[C@H]4CCCC[C@@H]4C(=O)O)cc3s2)cc1. The van der Waals surface area contributed by atoms with Crippen LogP contribution in [-0.4, -0.2) is 33.5 Å². The standard InChI is InChI=1S/C24H24N2O4S2/c1-14-6-8-15(9-7-14)20(27)13-31-24-26-19-11-10-16(12-21(19)32-24)25-22(28)17-4-2-3-5-18(17)23(29)30/h6-12,17-18H,2-5,13H2,1H3,(H,25,28)(H,29,30)/t17-,18-/m0/s1. The first-order chi connectivity index (χ1) is 15.4. The van der Waals surface area contributed by atoms with E-state index in [-0.39, 0.29) is 11.7 Å². The van der Waals surface area contributed by atoms with Gasteiger partial charge in [-0.25, -0.2) is 4.98 Å². The fourth-order valence-electron chi connectivity index (χ4n) is 3.97. The van der Waals surface area contributed by atoms with Gasteiger partial charge in [0.05, 0.1) is 27.8 Å². The van der Waals surface area contributed by atoms with Crippen molar-refractivity contribution in [2.24, 2.45) is 11.8 Å². The number of fused-ring (bicyclic) bond motifs is 1. The number of carboxylic acid groups (broad SMARTS) is 1. The molecule has 0 bridgehead atoms. The number of Topliss-reactive ketones (excluding diaryl/α,β-unsaturated/α-hetero) is 1. The Kier molecular flexibility index (Phi) is 6.91. The number of anilines is 1. The maximum atomic E-state index is 12.7. The molecule has 2 N–H and O–H groups in total. The zero-order valence-electron chi connectivity index (χ0n) is 17.7. The molecule has 166 valence electrons. The monoisotopic (exact) mass is 468 g/mol. The molecule has 3 aromatic rings. The summed E-state index contributed by atoms with van der Waals surface area (Å²) < 4.78 is 1.70. The Hall–Kier alpha value is -2.71. The molecule has 1 aromatic heterocycles. The predicted octanol–water partition coefficient (Wildman–Crippen LogP) is 5.41. The minimum absolute atomic E-state index is 0.0580. The summed E-state index contributed by atoms with van der Waals surface area (Å²) in [4.78, 5) is 41.2. The van der Waals surface area contributed by atoms with Gasteiger partial charge >= 0.3 is 5.97 Å². The number of carbonyl (C=O) groups is 3. The number of thioether (sulfide) groups is 1. The Morgan fingerprint density at radius 1 is 1.09 bits per heavy atom. The number of aliphatic carboxylic acids is 1. The van der Waals surface area contributed by atoms with E-state index in [1.807, 2.05) is 43.3 Å². The van der Waals surface area contributed by atoms with Gasteiger partial charge in [-0.2, -0.15) is 0 Å². The van der Waals surface area contributed by atoms with Crippen LogP contribution < -0.4 is 5.32 Å². The summed E-state index contributed by atoms with van der Waals surface area (Å²) in [6.45, 7) is 1.99. The highest BCUT2D eigenvalue weighted by Gasteiger charge is 2.35. The molecule has 0 saturated heterocycles. The average Bonchev–Trinajstić information content (AvgIpc) is 3.20. The number of thiazole rings is 1. The molecule has 1 fully saturated rings. The van der Waals surface area contributed by atoms with Crippen molar-refractivity contribution in [3.8, 4) is 0 Å². The fraction of sp³-hybridized carbons (Fsp3) is 0.333. The second kappa shape index (κ2) is 9.83. The number of rotatable bonds is 7. The molecule has 1 aliphatic carbocycles. The summed E-state index contributed by atoms with van der Waals surface area (Å²) >= 11 is 2.88. The number of hydrogen-bond donors (Lipinski definition) is 2.